The fourth-order valence-corrected chi connectivity index (χ4v) is 5.82. The number of para-hydroxylation sites is 2. The maximum Gasteiger partial charge on any atom is 0.336 e. The molecule has 11 nitrogen and oxygen atoms in total. The monoisotopic (exact) mass is 605 g/mol. The van der Waals surface area contributed by atoms with Crippen molar-refractivity contribution >= 4 is 29.3 Å². The number of urea groups is 1. The number of rotatable bonds is 10. The minimum Gasteiger partial charge on any atom is -0.495 e. The summed E-state index contributed by atoms with van der Waals surface area (Å²) in [7, 11) is 2.99. The van der Waals surface area contributed by atoms with Crippen LogP contribution in [0.1, 0.15) is 39.2 Å². The van der Waals surface area contributed by atoms with E-state index in [4.69, 9.17) is 14.2 Å². The normalized spacial score (nSPS) is 17.9. The van der Waals surface area contributed by atoms with Gasteiger partial charge < -0.3 is 35.1 Å². The number of dihydropyridines is 1. The zero-order valence-electron chi connectivity index (χ0n) is 26.4. The molecule has 1 saturated heterocycles. The first-order valence-corrected chi connectivity index (χ1v) is 14.9. The summed E-state index contributed by atoms with van der Waals surface area (Å²) < 4.78 is 15.9. The van der Waals surface area contributed by atoms with Crippen LogP contribution in [0.25, 0.3) is 0 Å². The van der Waals surface area contributed by atoms with E-state index in [1.54, 1.807) is 46.1 Å². The van der Waals surface area contributed by atoms with Crippen molar-refractivity contribution in [1.82, 2.24) is 15.5 Å². The Bertz CT molecular complexity index is 1430. The minimum absolute atomic E-state index is 0.137. The number of ether oxygens (including phenoxy) is 3. The van der Waals surface area contributed by atoms with E-state index in [9.17, 15) is 14.4 Å². The molecule has 236 valence electrons. The molecule has 2 aromatic carbocycles. The number of hydrogen-bond donors (Lipinski definition) is 3. The molecule has 2 atom stereocenters. The van der Waals surface area contributed by atoms with Gasteiger partial charge in [0.25, 0.3) is 0 Å². The van der Waals surface area contributed by atoms with Crippen LogP contribution < -0.4 is 25.6 Å². The lowest BCUT2D eigenvalue weighted by atomic mass is 9.80. The second kappa shape index (κ2) is 14.8. The number of hydrogen-bond acceptors (Lipinski definition) is 9. The minimum atomic E-state index is -0.734. The van der Waals surface area contributed by atoms with Crippen LogP contribution >= 0.6 is 0 Å². The summed E-state index contributed by atoms with van der Waals surface area (Å²) in [5.41, 5.74) is 4.07. The van der Waals surface area contributed by atoms with Gasteiger partial charge in [0.05, 0.1) is 43.6 Å². The van der Waals surface area contributed by atoms with E-state index in [2.05, 4.69) is 38.7 Å². The zero-order valence-corrected chi connectivity index (χ0v) is 26.4. The number of anilines is 2. The number of nitrogens with one attached hydrogen (secondary N) is 3. The van der Waals surface area contributed by atoms with Crippen LogP contribution in [0.15, 0.2) is 71.1 Å². The summed E-state index contributed by atoms with van der Waals surface area (Å²) in [6.45, 7) is 11.5. The zero-order chi connectivity index (χ0) is 31.8. The third kappa shape index (κ3) is 7.34. The first-order chi connectivity index (χ1) is 21.2. The van der Waals surface area contributed by atoms with Crippen molar-refractivity contribution in [3.05, 3.63) is 76.6 Å². The Morgan fingerprint density at radius 2 is 1.64 bits per heavy atom. The van der Waals surface area contributed by atoms with E-state index < -0.39 is 17.9 Å². The molecule has 2 aliphatic heterocycles. The maximum absolute atomic E-state index is 13.0. The number of nitrogens with zero attached hydrogens (tertiary/aromatic N) is 2. The molecule has 2 aliphatic rings. The molecule has 0 saturated carbocycles. The summed E-state index contributed by atoms with van der Waals surface area (Å²) >= 11 is 0. The highest BCUT2D eigenvalue weighted by Gasteiger charge is 2.38. The predicted octanol–water partition coefficient (Wildman–Crippen LogP) is 4.00. The van der Waals surface area contributed by atoms with Crippen LogP contribution in [-0.2, 0) is 19.1 Å². The first-order valence-electron chi connectivity index (χ1n) is 14.9. The molecule has 0 radical (unpaired) electrons. The van der Waals surface area contributed by atoms with E-state index in [0.717, 1.165) is 37.6 Å². The number of amides is 2. The number of carbonyl (C=O) groups excluding carboxylic acids is 3. The highest BCUT2D eigenvalue weighted by molar-refractivity contribution is 6.00. The number of carbonyl (C=O) groups is 3. The van der Waals surface area contributed by atoms with E-state index in [0.29, 0.717) is 40.3 Å². The number of esters is 2. The molecule has 0 bridgehead atoms. The van der Waals surface area contributed by atoms with Crippen molar-refractivity contribution in [1.29, 1.82) is 0 Å². The van der Waals surface area contributed by atoms with Gasteiger partial charge in [-0.15, -0.1) is 0 Å². The molecule has 3 N–H and O–H groups in total. The Morgan fingerprint density at radius 1 is 0.955 bits per heavy atom. The molecule has 2 aromatic rings. The number of piperazine rings is 1. The number of benzene rings is 2. The smallest absolute Gasteiger partial charge is 0.336 e. The van der Waals surface area contributed by atoms with Crippen LogP contribution in [0.3, 0.4) is 0 Å². The highest BCUT2D eigenvalue weighted by Crippen LogP contribution is 2.40. The third-order valence-corrected chi connectivity index (χ3v) is 8.06. The molecular weight excluding hydrogens is 562 g/mol. The average molecular weight is 606 g/mol. The second-order valence-corrected chi connectivity index (χ2v) is 10.9. The van der Waals surface area contributed by atoms with Crippen LogP contribution in [0, 0.1) is 0 Å². The molecule has 4 rings (SSSR count). The fourth-order valence-electron chi connectivity index (χ4n) is 5.82. The summed E-state index contributed by atoms with van der Waals surface area (Å²) in [6.07, 6.45) is 0. The van der Waals surface area contributed by atoms with Crippen molar-refractivity contribution in [3.63, 3.8) is 0 Å². The van der Waals surface area contributed by atoms with E-state index in [-0.39, 0.29) is 18.7 Å². The Hall–Kier alpha value is -4.51. The lowest BCUT2D eigenvalue weighted by Gasteiger charge is -2.39. The van der Waals surface area contributed by atoms with Crippen molar-refractivity contribution in [2.75, 3.05) is 63.8 Å². The summed E-state index contributed by atoms with van der Waals surface area (Å²) in [4.78, 5) is 43.5. The van der Waals surface area contributed by atoms with Crippen molar-refractivity contribution in [2.24, 2.45) is 0 Å². The van der Waals surface area contributed by atoms with Gasteiger partial charge in [-0.25, -0.2) is 14.4 Å². The molecular formula is C33H43N5O6. The van der Waals surface area contributed by atoms with Crippen LogP contribution in [0.4, 0.5) is 16.2 Å². The standard InChI is InChI=1S/C33H43N5O6/c1-7-44-32(40)29-23(4)35-22(3)28(31(39)43-6)30(29)24-11-10-12-25(19-24)36-33(41)34-20-21(2)37-15-17-38(18-16-37)26-13-8-9-14-27(26)42-5/h8-14,19,21,30,35H,7,15-18,20H2,1-6H3,(H2,34,36,41). The Kier molecular flexibility index (Phi) is 10.9. The molecule has 2 unspecified atom stereocenters. The van der Waals surface area contributed by atoms with Crippen molar-refractivity contribution in [2.45, 2.75) is 39.7 Å². The fraction of sp³-hybridized carbons (Fsp3) is 0.424. The molecule has 2 heterocycles. The van der Waals surface area contributed by atoms with Gasteiger partial charge in [0.15, 0.2) is 0 Å². The molecule has 44 heavy (non-hydrogen) atoms. The predicted molar refractivity (Wildman–Crippen MR) is 170 cm³/mol. The van der Waals surface area contributed by atoms with Gasteiger partial charge in [-0.05, 0) is 57.5 Å². The Labute approximate surface area is 259 Å². The van der Waals surface area contributed by atoms with Crippen molar-refractivity contribution in [3.8, 4) is 5.75 Å². The molecule has 0 aliphatic carbocycles. The molecule has 1 fully saturated rings. The van der Waals surface area contributed by atoms with Gasteiger partial charge in [0, 0.05) is 55.8 Å². The van der Waals surface area contributed by atoms with Crippen LogP contribution in [0.2, 0.25) is 0 Å². The Morgan fingerprint density at radius 3 is 2.30 bits per heavy atom. The lowest BCUT2D eigenvalue weighted by Crippen LogP contribution is -2.52. The van der Waals surface area contributed by atoms with Gasteiger partial charge >= 0.3 is 18.0 Å². The number of methoxy groups -OCH3 is 2. The maximum atomic E-state index is 13.0. The Balaban J connectivity index is 1.40. The average Bonchev–Trinajstić information content (AvgIpc) is 3.03. The largest absolute Gasteiger partial charge is 0.495 e. The summed E-state index contributed by atoms with van der Waals surface area (Å²) in [5, 5.41) is 9.00. The van der Waals surface area contributed by atoms with Gasteiger partial charge in [0.1, 0.15) is 5.75 Å². The van der Waals surface area contributed by atoms with Gasteiger partial charge in [-0.2, -0.15) is 0 Å². The van der Waals surface area contributed by atoms with Gasteiger partial charge in [-0.1, -0.05) is 24.3 Å². The highest BCUT2D eigenvalue weighted by atomic mass is 16.5. The lowest BCUT2D eigenvalue weighted by molar-refractivity contribution is -0.139. The molecule has 0 spiro atoms. The second-order valence-electron chi connectivity index (χ2n) is 10.9. The third-order valence-electron chi connectivity index (χ3n) is 8.06. The first kappa shape index (κ1) is 32.4. The summed E-state index contributed by atoms with van der Waals surface area (Å²) in [6, 6.07) is 14.9. The van der Waals surface area contributed by atoms with Gasteiger partial charge in [-0.3, -0.25) is 4.90 Å². The van der Waals surface area contributed by atoms with E-state index >= 15 is 0 Å². The molecule has 2 amide bonds. The number of allylic oxidation sites excluding steroid dienone is 2. The van der Waals surface area contributed by atoms with Crippen molar-refractivity contribution < 1.29 is 28.6 Å². The molecule has 11 heteroatoms. The van der Waals surface area contributed by atoms with Crippen LogP contribution in [-0.4, -0.2) is 82.5 Å². The molecule has 0 aromatic heterocycles. The van der Waals surface area contributed by atoms with Gasteiger partial charge in [0.2, 0.25) is 0 Å². The van der Waals surface area contributed by atoms with E-state index in [1.807, 2.05) is 24.3 Å². The van der Waals surface area contributed by atoms with Crippen LogP contribution in [0.5, 0.6) is 5.75 Å². The quantitative estimate of drug-likeness (QED) is 0.345. The topological polar surface area (TPSA) is 121 Å². The van der Waals surface area contributed by atoms with E-state index in [1.165, 1.54) is 7.11 Å². The SMILES string of the molecule is CCOC(=O)C1=C(C)NC(C)=C(C(=O)OC)C1c1cccc(NC(=O)NCC(C)N2CCN(c3ccccc3OC)CC2)c1. The summed E-state index contributed by atoms with van der Waals surface area (Å²) in [5.74, 6) is -0.942.